The minimum absolute atomic E-state index is 0.115. The number of hydrogen-bond acceptors (Lipinski definition) is 4. The van der Waals surface area contributed by atoms with Gasteiger partial charge >= 0.3 is 0 Å². The second-order valence-corrected chi connectivity index (χ2v) is 6.67. The molecule has 0 bridgehead atoms. The number of aryl methyl sites for hydroxylation is 1. The third kappa shape index (κ3) is 4.11. The molecule has 0 saturated heterocycles. The van der Waals surface area contributed by atoms with E-state index in [4.69, 9.17) is 22.4 Å². The van der Waals surface area contributed by atoms with E-state index < -0.39 is 0 Å². The summed E-state index contributed by atoms with van der Waals surface area (Å²) >= 11 is 4.80. The number of thiocarbonyl (C=S) groups is 1. The maximum Gasteiger partial charge on any atom is 0.287 e. The zero-order valence-electron chi connectivity index (χ0n) is 14.7. The van der Waals surface area contributed by atoms with Crippen molar-refractivity contribution in [2.24, 2.45) is 10.8 Å². The fraction of sp³-hybridized carbons (Fsp3) is 0.316. The summed E-state index contributed by atoms with van der Waals surface area (Å²) in [6, 6.07) is 10.0. The normalized spacial score (nSPS) is 14.7. The number of hydrazone groups is 1. The number of furan rings is 1. The van der Waals surface area contributed by atoms with Gasteiger partial charge in [0.2, 0.25) is 0 Å². The molecule has 7 heteroatoms. The van der Waals surface area contributed by atoms with Crippen molar-refractivity contribution in [3.05, 3.63) is 58.5 Å². The predicted molar refractivity (Wildman–Crippen MR) is 105 cm³/mol. The zero-order chi connectivity index (χ0) is 18.5. The van der Waals surface area contributed by atoms with E-state index >= 15 is 0 Å². The van der Waals surface area contributed by atoms with Gasteiger partial charge in [-0.1, -0.05) is 30.3 Å². The monoisotopic (exact) mass is 370 g/mol. The van der Waals surface area contributed by atoms with Gasteiger partial charge in [-0.05, 0) is 44.0 Å². The highest BCUT2D eigenvalue weighted by atomic mass is 32.1. The fourth-order valence-electron chi connectivity index (χ4n) is 3.16. The lowest BCUT2D eigenvalue weighted by Crippen LogP contribution is -2.27. The van der Waals surface area contributed by atoms with Crippen LogP contribution in [-0.4, -0.2) is 23.3 Å². The average molecular weight is 370 g/mol. The number of benzene rings is 1. The number of amides is 1. The van der Waals surface area contributed by atoms with Gasteiger partial charge in [0.25, 0.3) is 5.91 Å². The Kier molecular flexibility index (Phi) is 5.68. The molecule has 1 aliphatic rings. The highest BCUT2D eigenvalue weighted by molar-refractivity contribution is 7.80. The van der Waals surface area contributed by atoms with Crippen LogP contribution in [0.3, 0.4) is 0 Å². The molecule has 3 rings (SSSR count). The first-order chi connectivity index (χ1) is 12.6. The summed E-state index contributed by atoms with van der Waals surface area (Å²) in [6.07, 6.45) is 3.26. The highest BCUT2D eigenvalue weighted by Gasteiger charge is 2.27. The Balaban J connectivity index is 1.72. The van der Waals surface area contributed by atoms with Gasteiger partial charge in [-0.15, -0.1) is 0 Å². The van der Waals surface area contributed by atoms with Crippen LogP contribution in [0.1, 0.15) is 45.8 Å². The van der Waals surface area contributed by atoms with Crippen molar-refractivity contribution >= 4 is 28.9 Å². The maximum atomic E-state index is 12.5. The summed E-state index contributed by atoms with van der Waals surface area (Å²) in [7, 11) is 0. The fourth-order valence-corrected chi connectivity index (χ4v) is 3.21. The van der Waals surface area contributed by atoms with Crippen LogP contribution in [-0.2, 0) is 12.8 Å². The lowest BCUT2D eigenvalue weighted by atomic mass is 9.93. The van der Waals surface area contributed by atoms with Crippen molar-refractivity contribution in [1.29, 1.82) is 0 Å². The topological polar surface area (TPSA) is 92.6 Å². The van der Waals surface area contributed by atoms with Crippen molar-refractivity contribution in [3.63, 3.8) is 0 Å². The van der Waals surface area contributed by atoms with Gasteiger partial charge < -0.3 is 15.5 Å². The first kappa shape index (κ1) is 18.1. The van der Waals surface area contributed by atoms with Gasteiger partial charge in [0.05, 0.1) is 5.71 Å². The minimum Gasteiger partial charge on any atom is -0.455 e. The number of nitrogens with zero attached hydrogens (tertiary/aromatic N) is 1. The van der Waals surface area contributed by atoms with Crippen molar-refractivity contribution < 1.29 is 9.21 Å². The second-order valence-electron chi connectivity index (χ2n) is 6.23. The molecule has 136 valence electrons. The molecule has 4 N–H and O–H groups in total. The molecule has 0 radical (unpaired) electrons. The number of carbonyl (C=O) groups is 1. The summed E-state index contributed by atoms with van der Waals surface area (Å²) in [5.41, 5.74) is 11.8. The quantitative estimate of drug-likeness (QED) is 0.555. The Hall–Kier alpha value is -2.67. The molecule has 0 saturated carbocycles. The van der Waals surface area contributed by atoms with Gasteiger partial charge in [-0.25, -0.2) is 0 Å². The van der Waals surface area contributed by atoms with Gasteiger partial charge in [0, 0.05) is 24.1 Å². The molecule has 1 heterocycles. The molecule has 1 aliphatic carbocycles. The lowest BCUT2D eigenvalue weighted by Gasteiger charge is -2.13. The van der Waals surface area contributed by atoms with E-state index in [2.05, 4.69) is 15.8 Å². The molecule has 1 aromatic carbocycles. The Morgan fingerprint density at radius 1 is 1.31 bits per heavy atom. The maximum absolute atomic E-state index is 12.5. The molecule has 26 heavy (non-hydrogen) atoms. The van der Waals surface area contributed by atoms with Crippen molar-refractivity contribution in [2.45, 2.75) is 32.6 Å². The number of fused-ring (bicyclic) bond motifs is 1. The Morgan fingerprint density at radius 3 is 2.81 bits per heavy atom. The summed E-state index contributed by atoms with van der Waals surface area (Å²) in [6.45, 7) is 2.44. The highest BCUT2D eigenvalue weighted by Crippen LogP contribution is 2.29. The third-order valence-corrected chi connectivity index (χ3v) is 4.47. The van der Waals surface area contributed by atoms with E-state index in [1.165, 1.54) is 5.56 Å². The zero-order valence-corrected chi connectivity index (χ0v) is 15.5. The lowest BCUT2D eigenvalue weighted by molar-refractivity contribution is 0.0923. The Bertz CT molecular complexity index is 843. The number of nitrogens with one attached hydrogen (secondary N) is 2. The molecular formula is C19H22N4O2S. The Labute approximate surface area is 157 Å². The molecule has 0 spiro atoms. The molecule has 0 atom stereocenters. The minimum atomic E-state index is -0.200. The van der Waals surface area contributed by atoms with Gasteiger partial charge in [-0.3, -0.25) is 10.2 Å². The number of nitrogens with two attached hydrogens (primary N) is 1. The average Bonchev–Trinajstić information content (AvgIpc) is 2.98. The van der Waals surface area contributed by atoms with Crippen LogP contribution in [0.15, 0.2) is 39.9 Å². The van der Waals surface area contributed by atoms with E-state index in [0.717, 1.165) is 48.3 Å². The molecular weight excluding hydrogens is 348 g/mol. The first-order valence-corrected chi connectivity index (χ1v) is 9.04. The SMILES string of the molecule is Cc1c(C(=O)NCCc2ccccc2)oc2c1/C(=N/NC(N)=S)CCC2. The van der Waals surface area contributed by atoms with E-state index in [1.807, 2.05) is 37.3 Å². The molecule has 0 fully saturated rings. The van der Waals surface area contributed by atoms with Gasteiger partial charge in [0.1, 0.15) is 5.76 Å². The molecule has 1 amide bonds. The third-order valence-electron chi connectivity index (χ3n) is 4.38. The smallest absolute Gasteiger partial charge is 0.287 e. The van der Waals surface area contributed by atoms with Crippen LogP contribution >= 0.6 is 12.2 Å². The van der Waals surface area contributed by atoms with Crippen molar-refractivity contribution in [2.75, 3.05) is 6.54 Å². The van der Waals surface area contributed by atoms with E-state index in [9.17, 15) is 4.79 Å². The molecule has 0 unspecified atom stereocenters. The van der Waals surface area contributed by atoms with Crippen LogP contribution in [0.2, 0.25) is 0 Å². The summed E-state index contributed by atoms with van der Waals surface area (Å²) < 4.78 is 5.85. The van der Waals surface area contributed by atoms with E-state index in [0.29, 0.717) is 12.3 Å². The van der Waals surface area contributed by atoms with Crippen molar-refractivity contribution in [3.8, 4) is 0 Å². The van der Waals surface area contributed by atoms with Gasteiger partial charge in [-0.2, -0.15) is 5.10 Å². The van der Waals surface area contributed by atoms with Crippen LogP contribution in [0.25, 0.3) is 0 Å². The van der Waals surface area contributed by atoms with E-state index in [1.54, 1.807) is 0 Å². The van der Waals surface area contributed by atoms with E-state index in [-0.39, 0.29) is 11.0 Å². The van der Waals surface area contributed by atoms with Crippen LogP contribution in [0.5, 0.6) is 0 Å². The number of carbonyl (C=O) groups excluding carboxylic acids is 1. The number of rotatable bonds is 5. The molecule has 6 nitrogen and oxygen atoms in total. The van der Waals surface area contributed by atoms with Crippen LogP contribution in [0, 0.1) is 6.92 Å². The standard InChI is InChI=1S/C19H22N4O2S/c1-12-16-14(22-23-19(20)26)8-5-9-15(16)25-17(12)18(24)21-11-10-13-6-3-2-4-7-13/h2-4,6-7H,5,8-11H2,1H3,(H,21,24)(H3,20,23,26)/b22-14+. The van der Waals surface area contributed by atoms with Crippen molar-refractivity contribution in [1.82, 2.24) is 10.7 Å². The summed E-state index contributed by atoms with van der Waals surface area (Å²) in [5.74, 6) is 0.952. The number of hydrogen-bond donors (Lipinski definition) is 3. The summed E-state index contributed by atoms with van der Waals surface area (Å²) in [4.78, 5) is 12.5. The second kappa shape index (κ2) is 8.14. The molecule has 0 aliphatic heterocycles. The predicted octanol–water partition coefficient (Wildman–Crippen LogP) is 2.43. The summed E-state index contributed by atoms with van der Waals surface area (Å²) in [5, 5.41) is 7.32. The van der Waals surface area contributed by atoms with Crippen LogP contribution < -0.4 is 16.5 Å². The first-order valence-electron chi connectivity index (χ1n) is 8.63. The van der Waals surface area contributed by atoms with Crippen LogP contribution in [0.4, 0.5) is 0 Å². The largest absolute Gasteiger partial charge is 0.455 e. The van der Waals surface area contributed by atoms with Gasteiger partial charge in [0.15, 0.2) is 10.9 Å². The molecule has 1 aromatic heterocycles. The Morgan fingerprint density at radius 2 is 2.08 bits per heavy atom. The molecule has 2 aromatic rings.